The molecule has 0 saturated heterocycles. The number of anilines is 1. The maximum absolute atomic E-state index is 11.2. The number of esters is 1. The zero-order chi connectivity index (χ0) is 12.1. The summed E-state index contributed by atoms with van der Waals surface area (Å²) in [5.41, 5.74) is 1.15. The summed E-state index contributed by atoms with van der Waals surface area (Å²) in [7, 11) is 1.30. The largest absolute Gasteiger partial charge is 0.472 e. The van der Waals surface area contributed by atoms with Crippen molar-refractivity contribution in [1.82, 2.24) is 9.97 Å². The van der Waals surface area contributed by atoms with Crippen molar-refractivity contribution >= 4 is 11.8 Å². The maximum atomic E-state index is 11.2. The quantitative estimate of drug-likeness (QED) is 0.806. The van der Waals surface area contributed by atoms with Crippen LogP contribution in [0.1, 0.15) is 16.1 Å². The third kappa shape index (κ3) is 2.81. The van der Waals surface area contributed by atoms with Crippen molar-refractivity contribution < 1.29 is 13.9 Å². The van der Waals surface area contributed by atoms with E-state index in [1.807, 2.05) is 6.07 Å². The number of rotatable bonds is 4. The van der Waals surface area contributed by atoms with E-state index in [2.05, 4.69) is 20.0 Å². The van der Waals surface area contributed by atoms with Gasteiger partial charge in [-0.3, -0.25) is 4.98 Å². The Morgan fingerprint density at radius 1 is 1.53 bits per heavy atom. The third-order valence-corrected chi connectivity index (χ3v) is 2.08. The van der Waals surface area contributed by atoms with Gasteiger partial charge in [-0.25, -0.2) is 9.78 Å². The Labute approximate surface area is 97.6 Å². The summed E-state index contributed by atoms with van der Waals surface area (Å²) in [5, 5.41) is 3.03. The molecule has 1 N–H and O–H groups in total. The lowest BCUT2D eigenvalue weighted by Crippen LogP contribution is -2.08. The number of aromatic nitrogens is 2. The average molecular weight is 233 g/mol. The second-order valence-corrected chi connectivity index (χ2v) is 3.27. The monoisotopic (exact) mass is 233 g/mol. The molecule has 2 aromatic heterocycles. The highest BCUT2D eigenvalue weighted by Crippen LogP contribution is 2.06. The molecule has 0 amide bonds. The number of carbonyl (C=O) groups is 1. The lowest BCUT2D eigenvalue weighted by molar-refractivity contribution is 0.0593. The van der Waals surface area contributed by atoms with Gasteiger partial charge in [-0.1, -0.05) is 0 Å². The fourth-order valence-electron chi connectivity index (χ4n) is 1.24. The summed E-state index contributed by atoms with van der Waals surface area (Å²) in [6, 6.07) is 1.84. The first-order valence-electron chi connectivity index (χ1n) is 4.95. The molecular weight excluding hydrogens is 222 g/mol. The Morgan fingerprint density at radius 2 is 2.41 bits per heavy atom. The summed E-state index contributed by atoms with van der Waals surface area (Å²) in [6.07, 6.45) is 6.11. The maximum Gasteiger partial charge on any atom is 0.358 e. The van der Waals surface area contributed by atoms with Gasteiger partial charge in [-0.15, -0.1) is 0 Å². The van der Waals surface area contributed by atoms with Crippen molar-refractivity contribution in [2.24, 2.45) is 0 Å². The van der Waals surface area contributed by atoms with E-state index in [0.717, 1.165) is 5.56 Å². The predicted molar refractivity (Wildman–Crippen MR) is 59.4 cm³/mol. The van der Waals surface area contributed by atoms with Gasteiger partial charge in [0.2, 0.25) is 0 Å². The first-order valence-corrected chi connectivity index (χ1v) is 4.95. The van der Waals surface area contributed by atoms with Crippen LogP contribution in [0.25, 0.3) is 0 Å². The number of hydrogen-bond acceptors (Lipinski definition) is 6. The lowest BCUT2D eigenvalue weighted by Gasteiger charge is -2.04. The van der Waals surface area contributed by atoms with Gasteiger partial charge in [0.25, 0.3) is 0 Å². The molecular formula is C11H11N3O3. The highest BCUT2D eigenvalue weighted by molar-refractivity contribution is 5.87. The van der Waals surface area contributed by atoms with Crippen molar-refractivity contribution in [3.63, 3.8) is 0 Å². The Hall–Kier alpha value is -2.37. The number of ether oxygens (including phenoxy) is 1. The number of furan rings is 1. The topological polar surface area (TPSA) is 77.2 Å². The van der Waals surface area contributed by atoms with Gasteiger partial charge in [-0.2, -0.15) is 0 Å². The zero-order valence-corrected chi connectivity index (χ0v) is 9.21. The molecule has 0 saturated carbocycles. The summed E-state index contributed by atoms with van der Waals surface area (Å²) in [4.78, 5) is 19.2. The van der Waals surface area contributed by atoms with Crippen LogP contribution in [-0.2, 0) is 11.3 Å². The predicted octanol–water partition coefficient (Wildman–Crippen LogP) is 1.47. The Bertz CT molecular complexity index is 496. The number of methoxy groups -OCH3 is 1. The highest BCUT2D eigenvalue weighted by atomic mass is 16.5. The second kappa shape index (κ2) is 5.11. The summed E-state index contributed by atoms with van der Waals surface area (Å²) in [5.74, 6) is -0.00133. The Balaban J connectivity index is 2.03. The fraction of sp³-hybridized carbons (Fsp3) is 0.182. The van der Waals surface area contributed by atoms with Gasteiger partial charge >= 0.3 is 5.97 Å². The standard InChI is InChI=1S/C11H11N3O3/c1-16-11(15)9-5-12-6-10(14-9)13-4-8-2-3-17-7-8/h2-3,5-7H,4H2,1H3,(H,13,14). The molecule has 6 nitrogen and oxygen atoms in total. The highest BCUT2D eigenvalue weighted by Gasteiger charge is 2.08. The van der Waals surface area contributed by atoms with Crippen LogP contribution in [0.5, 0.6) is 0 Å². The smallest absolute Gasteiger partial charge is 0.358 e. The molecule has 17 heavy (non-hydrogen) atoms. The molecule has 0 unspecified atom stereocenters. The second-order valence-electron chi connectivity index (χ2n) is 3.27. The van der Waals surface area contributed by atoms with Gasteiger partial charge in [0.05, 0.1) is 32.0 Å². The first kappa shape index (κ1) is 11.1. The summed E-state index contributed by atoms with van der Waals surface area (Å²) < 4.78 is 9.49. The third-order valence-electron chi connectivity index (χ3n) is 2.08. The normalized spacial score (nSPS) is 9.94. The number of carbonyl (C=O) groups excluding carboxylic acids is 1. The molecule has 0 bridgehead atoms. The molecule has 0 aliphatic carbocycles. The van der Waals surface area contributed by atoms with Gasteiger partial charge in [-0.05, 0) is 6.07 Å². The molecule has 0 aromatic carbocycles. The van der Waals surface area contributed by atoms with Crippen molar-refractivity contribution in [2.75, 3.05) is 12.4 Å². The molecule has 0 aliphatic heterocycles. The summed E-state index contributed by atoms with van der Waals surface area (Å²) in [6.45, 7) is 0.551. The van der Waals surface area contributed by atoms with Crippen LogP contribution in [0.4, 0.5) is 5.82 Å². The Kier molecular flexibility index (Phi) is 3.34. The minimum absolute atomic E-state index is 0.171. The van der Waals surface area contributed by atoms with Crippen LogP contribution in [0.2, 0.25) is 0 Å². The summed E-state index contributed by atoms with van der Waals surface area (Å²) >= 11 is 0. The average Bonchev–Trinajstić information content (AvgIpc) is 2.89. The van der Waals surface area contributed by atoms with Crippen LogP contribution in [0.15, 0.2) is 35.4 Å². The van der Waals surface area contributed by atoms with E-state index in [-0.39, 0.29) is 5.69 Å². The first-order chi connectivity index (χ1) is 8.29. The van der Waals surface area contributed by atoms with Crippen molar-refractivity contribution in [2.45, 2.75) is 6.54 Å². The SMILES string of the molecule is COC(=O)c1cncc(NCc2ccoc2)n1. The van der Waals surface area contributed by atoms with E-state index >= 15 is 0 Å². The van der Waals surface area contributed by atoms with Gasteiger partial charge < -0.3 is 14.5 Å². The van der Waals surface area contributed by atoms with Crippen molar-refractivity contribution in [3.05, 3.63) is 42.2 Å². The number of nitrogens with zero attached hydrogens (tertiary/aromatic N) is 2. The van der Waals surface area contributed by atoms with E-state index in [9.17, 15) is 4.79 Å². The van der Waals surface area contributed by atoms with E-state index in [1.54, 1.807) is 12.5 Å². The molecule has 0 spiro atoms. The lowest BCUT2D eigenvalue weighted by atomic mass is 10.3. The minimum atomic E-state index is -0.510. The van der Waals surface area contributed by atoms with E-state index < -0.39 is 5.97 Å². The van der Waals surface area contributed by atoms with Gasteiger partial charge in [0.1, 0.15) is 5.82 Å². The Morgan fingerprint density at radius 3 is 3.12 bits per heavy atom. The molecule has 0 atom stereocenters. The van der Waals surface area contributed by atoms with Crippen LogP contribution in [0, 0.1) is 0 Å². The number of nitrogens with one attached hydrogen (secondary N) is 1. The minimum Gasteiger partial charge on any atom is -0.472 e. The molecule has 0 aliphatic rings. The molecule has 0 fully saturated rings. The number of hydrogen-bond donors (Lipinski definition) is 1. The molecule has 88 valence electrons. The van der Waals surface area contributed by atoms with E-state index in [0.29, 0.717) is 12.4 Å². The molecule has 2 rings (SSSR count). The van der Waals surface area contributed by atoms with E-state index in [1.165, 1.54) is 19.5 Å². The van der Waals surface area contributed by atoms with Crippen molar-refractivity contribution in [3.8, 4) is 0 Å². The zero-order valence-electron chi connectivity index (χ0n) is 9.21. The van der Waals surface area contributed by atoms with E-state index in [4.69, 9.17) is 4.42 Å². The van der Waals surface area contributed by atoms with Crippen molar-refractivity contribution in [1.29, 1.82) is 0 Å². The van der Waals surface area contributed by atoms with Crippen LogP contribution < -0.4 is 5.32 Å². The molecule has 6 heteroatoms. The molecule has 2 heterocycles. The van der Waals surface area contributed by atoms with Crippen LogP contribution >= 0.6 is 0 Å². The fourth-order valence-corrected chi connectivity index (χ4v) is 1.24. The van der Waals surface area contributed by atoms with Crippen LogP contribution in [-0.4, -0.2) is 23.0 Å². The molecule has 0 radical (unpaired) electrons. The molecule has 2 aromatic rings. The van der Waals surface area contributed by atoms with Crippen LogP contribution in [0.3, 0.4) is 0 Å². The van der Waals surface area contributed by atoms with Gasteiger partial charge in [0.15, 0.2) is 5.69 Å². The van der Waals surface area contributed by atoms with Gasteiger partial charge in [0, 0.05) is 12.1 Å².